The van der Waals surface area contributed by atoms with Crippen LogP contribution in [0.15, 0.2) is 47.6 Å². The van der Waals surface area contributed by atoms with Gasteiger partial charge in [0.05, 0.1) is 26.0 Å². The molecule has 0 spiro atoms. The van der Waals surface area contributed by atoms with E-state index >= 15 is 0 Å². The Bertz CT molecular complexity index is 965. The summed E-state index contributed by atoms with van der Waals surface area (Å²) in [6.45, 7) is 7.26. The lowest BCUT2D eigenvalue weighted by Crippen LogP contribution is -2.37. The van der Waals surface area contributed by atoms with Gasteiger partial charge in [0.1, 0.15) is 5.75 Å². The second-order valence-corrected chi connectivity index (χ2v) is 8.10. The molecule has 2 aromatic carbocycles. The third-order valence-corrected chi connectivity index (χ3v) is 5.97. The first-order valence-corrected chi connectivity index (χ1v) is 10.8. The summed E-state index contributed by atoms with van der Waals surface area (Å²) in [7, 11) is 1.71. The van der Waals surface area contributed by atoms with Gasteiger partial charge in [-0.2, -0.15) is 0 Å². The average Bonchev–Trinajstić information content (AvgIpc) is 3.17. The van der Waals surface area contributed by atoms with Gasteiger partial charge in [0.15, 0.2) is 5.16 Å². The summed E-state index contributed by atoms with van der Waals surface area (Å²) in [4.78, 5) is 2.24. The van der Waals surface area contributed by atoms with Crippen molar-refractivity contribution in [3.8, 4) is 11.4 Å². The van der Waals surface area contributed by atoms with Crippen LogP contribution in [0.3, 0.4) is 0 Å². The zero-order valence-corrected chi connectivity index (χ0v) is 17.9. The summed E-state index contributed by atoms with van der Waals surface area (Å²) in [5.74, 6) is 2.53. The molecule has 2 heterocycles. The molecule has 4 rings (SSSR count). The van der Waals surface area contributed by atoms with E-state index in [-0.39, 0.29) is 0 Å². The monoisotopic (exact) mass is 410 g/mol. The van der Waals surface area contributed by atoms with Gasteiger partial charge in [-0.1, -0.05) is 47.2 Å². The van der Waals surface area contributed by atoms with Gasteiger partial charge in [0, 0.05) is 24.4 Å². The van der Waals surface area contributed by atoms with Gasteiger partial charge in [-0.3, -0.25) is 4.57 Å². The second-order valence-electron chi connectivity index (χ2n) is 7.16. The summed E-state index contributed by atoms with van der Waals surface area (Å²) in [6, 6.07) is 14.8. The highest BCUT2D eigenvalue weighted by Gasteiger charge is 2.22. The Morgan fingerprint density at radius 3 is 2.45 bits per heavy atom. The Hall–Kier alpha value is -2.51. The van der Waals surface area contributed by atoms with Crippen molar-refractivity contribution in [2.75, 3.05) is 38.3 Å². The summed E-state index contributed by atoms with van der Waals surface area (Å²) in [6.07, 6.45) is 0. The molecular weight excluding hydrogens is 384 g/mol. The molecule has 152 valence electrons. The molecule has 7 heteroatoms. The highest BCUT2D eigenvalue weighted by molar-refractivity contribution is 7.98. The molecule has 0 radical (unpaired) electrons. The summed E-state index contributed by atoms with van der Waals surface area (Å²) in [5, 5.41) is 9.95. The van der Waals surface area contributed by atoms with E-state index in [1.54, 1.807) is 18.9 Å². The maximum atomic E-state index is 5.54. The predicted octanol–water partition coefficient (Wildman–Crippen LogP) is 4.02. The van der Waals surface area contributed by atoms with Crippen LogP contribution in [0.5, 0.6) is 5.75 Å². The Morgan fingerprint density at radius 1 is 1.00 bits per heavy atom. The fraction of sp³-hybridized carbons (Fsp3) is 0.364. The van der Waals surface area contributed by atoms with Crippen LogP contribution in [0.1, 0.15) is 16.7 Å². The van der Waals surface area contributed by atoms with Crippen LogP contribution in [-0.2, 0) is 10.5 Å². The molecule has 1 fully saturated rings. The number of ether oxygens (including phenoxy) is 2. The third-order valence-electron chi connectivity index (χ3n) is 5.00. The Labute approximate surface area is 175 Å². The fourth-order valence-corrected chi connectivity index (χ4v) is 4.33. The molecule has 6 nitrogen and oxygen atoms in total. The minimum Gasteiger partial charge on any atom is -0.496 e. The van der Waals surface area contributed by atoms with Gasteiger partial charge in [-0.25, -0.2) is 0 Å². The maximum absolute atomic E-state index is 5.54. The molecule has 0 atom stereocenters. The quantitative estimate of drug-likeness (QED) is 0.572. The van der Waals surface area contributed by atoms with Gasteiger partial charge in [0.25, 0.3) is 0 Å². The first-order chi connectivity index (χ1) is 14.2. The molecule has 1 aliphatic heterocycles. The highest BCUT2D eigenvalue weighted by Crippen LogP contribution is 2.32. The van der Waals surface area contributed by atoms with Crippen LogP contribution >= 0.6 is 11.8 Å². The van der Waals surface area contributed by atoms with E-state index in [4.69, 9.17) is 9.47 Å². The Balaban J connectivity index is 1.67. The summed E-state index contributed by atoms with van der Waals surface area (Å²) >= 11 is 1.67. The van der Waals surface area contributed by atoms with Crippen molar-refractivity contribution < 1.29 is 9.47 Å². The molecule has 1 aromatic heterocycles. The van der Waals surface area contributed by atoms with Gasteiger partial charge < -0.3 is 14.4 Å². The fourth-order valence-electron chi connectivity index (χ4n) is 3.41. The lowest BCUT2D eigenvalue weighted by Gasteiger charge is -2.28. The first-order valence-electron chi connectivity index (χ1n) is 9.77. The van der Waals surface area contributed by atoms with E-state index in [9.17, 15) is 0 Å². The molecule has 29 heavy (non-hydrogen) atoms. The average molecular weight is 411 g/mol. The van der Waals surface area contributed by atoms with Gasteiger partial charge in [0.2, 0.25) is 5.95 Å². The third kappa shape index (κ3) is 4.41. The molecule has 0 unspecified atom stereocenters. The number of methoxy groups -OCH3 is 1. The Kier molecular flexibility index (Phi) is 6.06. The number of benzene rings is 2. The van der Waals surface area contributed by atoms with Crippen molar-refractivity contribution in [3.05, 3.63) is 59.2 Å². The largest absolute Gasteiger partial charge is 0.496 e. The standard InChI is InChI=1S/C22H26N4O2S/c1-16-4-7-19(8-5-16)26-21(25-10-12-28-13-11-25)23-24-22(26)29-15-18-14-17(2)6-9-20(18)27-3/h4-9,14H,10-13,15H2,1-3H3. The lowest BCUT2D eigenvalue weighted by atomic mass is 10.1. The van der Waals surface area contributed by atoms with Gasteiger partial charge in [-0.05, 0) is 32.0 Å². The molecule has 0 bridgehead atoms. The number of morpholine rings is 1. The van der Waals surface area contributed by atoms with E-state index in [0.29, 0.717) is 13.2 Å². The zero-order chi connectivity index (χ0) is 20.2. The van der Waals surface area contributed by atoms with Crippen LogP contribution in [0.2, 0.25) is 0 Å². The van der Waals surface area contributed by atoms with Gasteiger partial charge >= 0.3 is 0 Å². The summed E-state index contributed by atoms with van der Waals surface area (Å²) in [5.41, 5.74) is 4.67. The number of hydrogen-bond donors (Lipinski definition) is 0. The van der Waals surface area contributed by atoms with Gasteiger partial charge in [-0.15, -0.1) is 10.2 Å². The topological polar surface area (TPSA) is 52.4 Å². The van der Waals surface area contributed by atoms with Crippen molar-refractivity contribution in [1.82, 2.24) is 14.8 Å². The van der Waals surface area contributed by atoms with E-state index in [2.05, 4.69) is 69.9 Å². The number of anilines is 1. The first kappa shape index (κ1) is 19.8. The lowest BCUT2D eigenvalue weighted by molar-refractivity contribution is 0.122. The van der Waals surface area contributed by atoms with Crippen molar-refractivity contribution in [2.45, 2.75) is 24.8 Å². The SMILES string of the molecule is COc1ccc(C)cc1CSc1nnc(N2CCOCC2)n1-c1ccc(C)cc1. The van der Waals surface area contributed by atoms with E-state index < -0.39 is 0 Å². The van der Waals surface area contributed by atoms with Crippen LogP contribution in [-0.4, -0.2) is 48.2 Å². The molecule has 0 aliphatic carbocycles. The molecule has 0 saturated carbocycles. The molecule has 1 aliphatic rings. The van der Waals surface area contributed by atoms with E-state index in [1.165, 1.54) is 11.1 Å². The number of aromatic nitrogens is 3. The maximum Gasteiger partial charge on any atom is 0.232 e. The number of nitrogens with zero attached hydrogens (tertiary/aromatic N) is 4. The highest BCUT2D eigenvalue weighted by atomic mass is 32.2. The Morgan fingerprint density at radius 2 is 1.72 bits per heavy atom. The number of aryl methyl sites for hydroxylation is 2. The summed E-state index contributed by atoms with van der Waals surface area (Å²) < 4.78 is 13.2. The second kappa shape index (κ2) is 8.88. The normalized spacial score (nSPS) is 14.2. The number of rotatable bonds is 6. The minimum absolute atomic E-state index is 0.712. The molecule has 0 N–H and O–H groups in total. The predicted molar refractivity (Wildman–Crippen MR) is 116 cm³/mol. The van der Waals surface area contributed by atoms with Crippen LogP contribution in [0, 0.1) is 13.8 Å². The molecule has 1 saturated heterocycles. The van der Waals surface area contributed by atoms with E-state index in [1.807, 2.05) is 6.07 Å². The smallest absolute Gasteiger partial charge is 0.232 e. The van der Waals surface area contributed by atoms with Crippen LogP contribution in [0.4, 0.5) is 5.95 Å². The van der Waals surface area contributed by atoms with Crippen molar-refractivity contribution in [3.63, 3.8) is 0 Å². The van der Waals surface area contributed by atoms with E-state index in [0.717, 1.165) is 46.9 Å². The number of thioether (sulfide) groups is 1. The minimum atomic E-state index is 0.712. The number of hydrogen-bond acceptors (Lipinski definition) is 6. The van der Waals surface area contributed by atoms with Crippen LogP contribution in [0.25, 0.3) is 5.69 Å². The van der Waals surface area contributed by atoms with Crippen LogP contribution < -0.4 is 9.64 Å². The van der Waals surface area contributed by atoms with Crippen molar-refractivity contribution in [1.29, 1.82) is 0 Å². The molecular formula is C22H26N4O2S. The van der Waals surface area contributed by atoms with Crippen molar-refractivity contribution >= 4 is 17.7 Å². The van der Waals surface area contributed by atoms with Crippen molar-refractivity contribution in [2.24, 2.45) is 0 Å². The molecule has 3 aromatic rings. The molecule has 0 amide bonds. The zero-order valence-electron chi connectivity index (χ0n) is 17.1.